The van der Waals surface area contributed by atoms with E-state index in [4.69, 9.17) is 12.2 Å². The highest BCUT2D eigenvalue weighted by Gasteiger charge is 2.53. The fraction of sp³-hybridized carbons (Fsp3) is 0.462. The topological polar surface area (TPSA) is 52.6 Å². The monoisotopic (exact) mass is 315 g/mol. The van der Waals surface area contributed by atoms with E-state index in [1.165, 1.54) is 12.1 Å². The van der Waals surface area contributed by atoms with Gasteiger partial charge in [-0.25, -0.2) is 4.39 Å². The number of rotatable bonds is 3. The lowest BCUT2D eigenvalue weighted by molar-refractivity contribution is 0.357. The SMILES string of the molecule is O=[S+]1(O)C[C@@H]2[C@@H](C1)NC(=S)N2CCc1ccc(F)cc1. The number of nitrogens with zero attached hydrogens (tertiary/aromatic N) is 1. The van der Waals surface area contributed by atoms with Gasteiger partial charge in [0.1, 0.15) is 17.9 Å². The summed E-state index contributed by atoms with van der Waals surface area (Å²) in [5.74, 6) is 0.294. The number of nitrogens with one attached hydrogen (secondary N) is 1. The summed E-state index contributed by atoms with van der Waals surface area (Å²) >= 11 is 5.29. The molecule has 3 rings (SSSR count). The number of hydrogen-bond donors (Lipinski definition) is 2. The van der Waals surface area contributed by atoms with Gasteiger partial charge < -0.3 is 10.2 Å². The van der Waals surface area contributed by atoms with Crippen LogP contribution in [0.4, 0.5) is 4.39 Å². The first-order valence-electron chi connectivity index (χ1n) is 6.48. The van der Waals surface area contributed by atoms with Gasteiger partial charge in [0, 0.05) is 6.54 Å². The van der Waals surface area contributed by atoms with Crippen LogP contribution in [0.3, 0.4) is 0 Å². The lowest BCUT2D eigenvalue weighted by Gasteiger charge is -2.21. The van der Waals surface area contributed by atoms with Crippen LogP contribution >= 0.6 is 12.2 Å². The highest BCUT2D eigenvalue weighted by Crippen LogP contribution is 2.27. The Hall–Kier alpha value is -1.05. The maximum absolute atomic E-state index is 12.9. The van der Waals surface area contributed by atoms with Crippen LogP contribution in [0.1, 0.15) is 5.56 Å². The molecule has 108 valence electrons. The van der Waals surface area contributed by atoms with Gasteiger partial charge in [-0.05, 0) is 36.3 Å². The standard InChI is InChI=1S/C13H15FN2O2S2/c14-10-3-1-9(2-4-10)5-6-16-12-8-20(17,18)7-11(12)15-13(16)19/h1-4,11-12H,5-8H2,(H-,15,17,18,19)/p+1/t11-,12-/m1/s1. The minimum atomic E-state index is -2.71. The molecule has 2 aliphatic rings. The van der Waals surface area contributed by atoms with Crippen molar-refractivity contribution in [3.63, 3.8) is 0 Å². The zero-order valence-electron chi connectivity index (χ0n) is 10.8. The number of thiocarbonyl (C=S) groups is 1. The van der Waals surface area contributed by atoms with Gasteiger partial charge in [0.15, 0.2) is 16.6 Å². The first-order valence-corrected chi connectivity index (χ1v) is 8.74. The predicted octanol–water partition coefficient (Wildman–Crippen LogP) is 1.28. The molecular weight excluding hydrogens is 299 g/mol. The molecule has 0 radical (unpaired) electrons. The molecule has 0 amide bonds. The third-order valence-electron chi connectivity index (χ3n) is 3.86. The molecule has 0 bridgehead atoms. The number of halogens is 1. The third-order valence-corrected chi connectivity index (χ3v) is 5.96. The van der Waals surface area contributed by atoms with Crippen molar-refractivity contribution in [2.45, 2.75) is 18.5 Å². The van der Waals surface area contributed by atoms with Gasteiger partial charge in [-0.3, -0.25) is 0 Å². The van der Waals surface area contributed by atoms with E-state index in [2.05, 4.69) is 5.32 Å². The molecule has 1 unspecified atom stereocenters. The zero-order valence-corrected chi connectivity index (χ0v) is 12.4. The van der Waals surface area contributed by atoms with Crippen molar-refractivity contribution >= 4 is 27.5 Å². The summed E-state index contributed by atoms with van der Waals surface area (Å²) in [4.78, 5) is 1.99. The molecule has 4 nitrogen and oxygen atoms in total. The smallest absolute Gasteiger partial charge is 0.218 e. The molecule has 2 fully saturated rings. The Bertz CT molecular complexity index is 578. The Morgan fingerprint density at radius 1 is 1.40 bits per heavy atom. The van der Waals surface area contributed by atoms with Crippen LogP contribution in [0.25, 0.3) is 0 Å². The van der Waals surface area contributed by atoms with Crippen LogP contribution in [0.15, 0.2) is 24.3 Å². The molecule has 3 atom stereocenters. The van der Waals surface area contributed by atoms with E-state index in [9.17, 15) is 13.2 Å². The molecule has 2 aliphatic heterocycles. The number of benzene rings is 1. The van der Waals surface area contributed by atoms with Gasteiger partial charge in [0.25, 0.3) is 0 Å². The molecule has 0 aliphatic carbocycles. The fourth-order valence-corrected chi connectivity index (χ4v) is 5.17. The lowest BCUT2D eigenvalue weighted by Crippen LogP contribution is -2.38. The Balaban J connectivity index is 1.66. The Kier molecular flexibility index (Phi) is 3.51. The van der Waals surface area contributed by atoms with Crippen molar-refractivity contribution in [1.29, 1.82) is 0 Å². The van der Waals surface area contributed by atoms with Crippen molar-refractivity contribution < 1.29 is 13.2 Å². The number of fused-ring (bicyclic) bond motifs is 1. The largest absolute Gasteiger partial charge is 0.353 e. The maximum atomic E-state index is 12.9. The predicted molar refractivity (Wildman–Crippen MR) is 80.5 cm³/mol. The van der Waals surface area contributed by atoms with Gasteiger partial charge in [0.2, 0.25) is 10.2 Å². The Labute approximate surface area is 123 Å². The van der Waals surface area contributed by atoms with E-state index in [0.717, 1.165) is 12.0 Å². The minimum absolute atomic E-state index is 0.000415. The summed E-state index contributed by atoms with van der Waals surface area (Å²) in [5, 5.41) is 3.78. The van der Waals surface area contributed by atoms with Crippen LogP contribution in [0.2, 0.25) is 0 Å². The molecule has 0 spiro atoms. The van der Waals surface area contributed by atoms with Crippen molar-refractivity contribution in [3.8, 4) is 0 Å². The van der Waals surface area contributed by atoms with Crippen LogP contribution in [-0.2, 0) is 20.8 Å². The molecule has 2 N–H and O–H groups in total. The second-order valence-electron chi connectivity index (χ2n) is 5.30. The van der Waals surface area contributed by atoms with Crippen molar-refractivity contribution in [2.75, 3.05) is 18.1 Å². The average Bonchev–Trinajstić information content (AvgIpc) is 2.80. The normalized spacial score (nSPS) is 32.3. The molecule has 7 heteroatoms. The lowest BCUT2D eigenvalue weighted by atomic mass is 10.1. The van der Waals surface area contributed by atoms with Crippen molar-refractivity contribution in [3.05, 3.63) is 35.6 Å². The van der Waals surface area contributed by atoms with Gasteiger partial charge in [-0.1, -0.05) is 16.3 Å². The van der Waals surface area contributed by atoms with E-state index < -0.39 is 10.2 Å². The highest BCUT2D eigenvalue weighted by molar-refractivity contribution is 7.98. The minimum Gasteiger partial charge on any atom is -0.353 e. The van der Waals surface area contributed by atoms with Crippen LogP contribution in [-0.4, -0.2) is 44.7 Å². The molecule has 2 saturated heterocycles. The van der Waals surface area contributed by atoms with Gasteiger partial charge in [-0.2, -0.15) is 4.55 Å². The Morgan fingerprint density at radius 3 is 2.80 bits per heavy atom. The Morgan fingerprint density at radius 2 is 2.10 bits per heavy atom. The molecule has 2 heterocycles. The summed E-state index contributed by atoms with van der Waals surface area (Å²) in [5.41, 5.74) is 1.03. The van der Waals surface area contributed by atoms with Crippen molar-refractivity contribution in [2.24, 2.45) is 0 Å². The van der Waals surface area contributed by atoms with Gasteiger partial charge in [-0.15, -0.1) is 0 Å². The van der Waals surface area contributed by atoms with E-state index in [-0.39, 0.29) is 29.4 Å². The van der Waals surface area contributed by atoms with Crippen LogP contribution < -0.4 is 5.32 Å². The van der Waals surface area contributed by atoms with E-state index in [1.807, 2.05) is 4.90 Å². The number of hydrogen-bond acceptors (Lipinski definition) is 2. The van der Waals surface area contributed by atoms with Crippen LogP contribution in [0, 0.1) is 5.82 Å². The molecule has 0 saturated carbocycles. The first kappa shape index (κ1) is 13.9. The second kappa shape index (κ2) is 5.05. The molecule has 1 aromatic carbocycles. The zero-order chi connectivity index (χ0) is 14.3. The third kappa shape index (κ3) is 2.70. The molecule has 1 aromatic rings. The van der Waals surface area contributed by atoms with Gasteiger partial charge in [0.05, 0.1) is 0 Å². The second-order valence-corrected chi connectivity index (χ2v) is 7.90. The highest BCUT2D eigenvalue weighted by atomic mass is 32.3. The molecule has 20 heavy (non-hydrogen) atoms. The summed E-state index contributed by atoms with van der Waals surface area (Å²) in [6.07, 6.45) is 0.734. The van der Waals surface area contributed by atoms with E-state index in [1.54, 1.807) is 12.1 Å². The molecule has 0 aromatic heterocycles. The average molecular weight is 315 g/mol. The van der Waals surface area contributed by atoms with E-state index >= 15 is 0 Å². The maximum Gasteiger partial charge on any atom is 0.218 e. The van der Waals surface area contributed by atoms with E-state index in [0.29, 0.717) is 11.7 Å². The van der Waals surface area contributed by atoms with Gasteiger partial charge >= 0.3 is 0 Å². The summed E-state index contributed by atoms with van der Waals surface area (Å²) in [6.45, 7) is 0.675. The fourth-order valence-electron chi connectivity index (χ4n) is 2.85. The summed E-state index contributed by atoms with van der Waals surface area (Å²) < 4.78 is 34.3. The summed E-state index contributed by atoms with van der Waals surface area (Å²) in [6, 6.07) is 6.37. The van der Waals surface area contributed by atoms with Crippen molar-refractivity contribution in [1.82, 2.24) is 10.2 Å². The van der Waals surface area contributed by atoms with Crippen LogP contribution in [0.5, 0.6) is 0 Å². The quantitative estimate of drug-likeness (QED) is 0.650. The summed E-state index contributed by atoms with van der Waals surface area (Å²) in [7, 11) is -2.71. The molecular formula is C13H16FN2O2S2+. The first-order chi connectivity index (χ1) is 9.44.